The van der Waals surface area contributed by atoms with Gasteiger partial charge in [0.1, 0.15) is 0 Å². The van der Waals surface area contributed by atoms with Gasteiger partial charge in [-0.2, -0.15) is 0 Å². The molecule has 1 nitrogen and oxygen atoms in total. The Labute approximate surface area is 95.5 Å². The first kappa shape index (κ1) is 9.34. The molecule has 0 saturated heterocycles. The molecule has 2 aromatic rings. The Hall–Kier alpha value is -1.89. The molecule has 1 aromatic heterocycles. The summed E-state index contributed by atoms with van der Waals surface area (Å²) in [6.07, 6.45) is 6.28. The second-order valence-corrected chi connectivity index (χ2v) is 4.34. The fourth-order valence-electron chi connectivity index (χ4n) is 2.35. The molecule has 0 radical (unpaired) electrons. The first-order valence-corrected chi connectivity index (χ1v) is 5.51. The van der Waals surface area contributed by atoms with Crippen LogP contribution < -0.4 is 0 Å². The zero-order valence-corrected chi connectivity index (χ0v) is 9.22. The maximum Gasteiger partial charge on any atom is 0.0544 e. The molecule has 3 rings (SSSR count). The third-order valence-corrected chi connectivity index (χ3v) is 3.31. The second-order valence-electron chi connectivity index (χ2n) is 4.34. The van der Waals surface area contributed by atoms with Gasteiger partial charge in [-0.05, 0) is 30.2 Å². The first-order chi connectivity index (χ1) is 7.81. The zero-order chi connectivity index (χ0) is 11.0. The Balaban J connectivity index is 2.19. The van der Waals surface area contributed by atoms with Crippen LogP contribution in [0.4, 0.5) is 0 Å². The highest BCUT2D eigenvalue weighted by Gasteiger charge is 2.32. The summed E-state index contributed by atoms with van der Waals surface area (Å²) in [6, 6.07) is 14.6. The van der Waals surface area contributed by atoms with E-state index in [9.17, 15) is 0 Å². The summed E-state index contributed by atoms with van der Waals surface area (Å²) in [5, 5.41) is 0. The number of fused-ring (bicyclic) bond motifs is 1. The zero-order valence-electron chi connectivity index (χ0n) is 9.22. The van der Waals surface area contributed by atoms with E-state index in [4.69, 9.17) is 0 Å². The molecule has 0 amide bonds. The average Bonchev–Trinajstić information content (AvgIpc) is 2.71. The molecule has 1 aliphatic carbocycles. The smallest absolute Gasteiger partial charge is 0.0544 e. The maximum absolute atomic E-state index is 4.48. The number of pyridine rings is 1. The number of nitrogens with zero attached hydrogens (tertiary/aromatic N) is 1. The van der Waals surface area contributed by atoms with Gasteiger partial charge in [0.2, 0.25) is 0 Å². The number of hydrogen-bond donors (Lipinski definition) is 0. The molecule has 1 aromatic carbocycles. The molecule has 0 N–H and O–H groups in total. The van der Waals surface area contributed by atoms with Crippen LogP contribution in [0.1, 0.15) is 23.7 Å². The predicted molar refractivity (Wildman–Crippen MR) is 66.2 cm³/mol. The van der Waals surface area contributed by atoms with Gasteiger partial charge in [-0.25, -0.2) is 0 Å². The van der Waals surface area contributed by atoms with E-state index < -0.39 is 0 Å². The SMILES string of the molecule is CC1(c2ccccn2)C=Cc2ccccc21. The second kappa shape index (κ2) is 3.31. The van der Waals surface area contributed by atoms with Gasteiger partial charge in [-0.15, -0.1) is 0 Å². The largest absolute Gasteiger partial charge is 0.260 e. The first-order valence-electron chi connectivity index (χ1n) is 5.51. The maximum atomic E-state index is 4.48. The summed E-state index contributed by atoms with van der Waals surface area (Å²) in [6.45, 7) is 2.22. The van der Waals surface area contributed by atoms with Gasteiger partial charge in [0, 0.05) is 6.20 Å². The van der Waals surface area contributed by atoms with E-state index >= 15 is 0 Å². The summed E-state index contributed by atoms with van der Waals surface area (Å²) in [4.78, 5) is 4.48. The molecule has 1 heteroatoms. The monoisotopic (exact) mass is 207 g/mol. The number of rotatable bonds is 1. The highest BCUT2D eigenvalue weighted by Crippen LogP contribution is 2.39. The third kappa shape index (κ3) is 1.21. The van der Waals surface area contributed by atoms with Gasteiger partial charge in [-0.1, -0.05) is 42.5 Å². The Bertz CT molecular complexity index is 542. The molecule has 16 heavy (non-hydrogen) atoms. The van der Waals surface area contributed by atoms with Gasteiger partial charge in [0.15, 0.2) is 0 Å². The van der Waals surface area contributed by atoms with Crippen LogP contribution in [0.2, 0.25) is 0 Å². The summed E-state index contributed by atoms with van der Waals surface area (Å²) >= 11 is 0. The van der Waals surface area contributed by atoms with E-state index in [1.165, 1.54) is 11.1 Å². The van der Waals surface area contributed by atoms with Crippen molar-refractivity contribution in [2.45, 2.75) is 12.3 Å². The summed E-state index contributed by atoms with van der Waals surface area (Å²) in [7, 11) is 0. The Kier molecular flexibility index (Phi) is 1.93. The Morgan fingerprint density at radius 3 is 2.62 bits per heavy atom. The van der Waals surface area contributed by atoms with Crippen molar-refractivity contribution in [1.29, 1.82) is 0 Å². The Morgan fingerprint density at radius 2 is 1.81 bits per heavy atom. The molecule has 1 atom stereocenters. The average molecular weight is 207 g/mol. The number of hydrogen-bond acceptors (Lipinski definition) is 1. The van der Waals surface area contributed by atoms with Crippen molar-refractivity contribution in [1.82, 2.24) is 4.98 Å². The molecule has 0 spiro atoms. The fourth-order valence-corrected chi connectivity index (χ4v) is 2.35. The van der Waals surface area contributed by atoms with Crippen LogP contribution in [-0.4, -0.2) is 4.98 Å². The molecule has 1 heterocycles. The lowest BCUT2D eigenvalue weighted by Crippen LogP contribution is -2.20. The van der Waals surface area contributed by atoms with Crippen LogP contribution in [0.3, 0.4) is 0 Å². The summed E-state index contributed by atoms with van der Waals surface area (Å²) in [5.74, 6) is 0. The minimum atomic E-state index is -0.0716. The van der Waals surface area contributed by atoms with E-state index in [-0.39, 0.29) is 5.41 Å². The van der Waals surface area contributed by atoms with E-state index in [1.807, 2.05) is 18.3 Å². The quantitative estimate of drug-likeness (QED) is 0.698. The molecule has 1 aliphatic rings. The molecule has 0 saturated carbocycles. The lowest BCUT2D eigenvalue weighted by atomic mass is 9.81. The van der Waals surface area contributed by atoms with E-state index in [2.05, 4.69) is 54.4 Å². The lowest BCUT2D eigenvalue weighted by molar-refractivity contribution is 0.706. The van der Waals surface area contributed by atoms with E-state index in [0.29, 0.717) is 0 Å². The predicted octanol–water partition coefficient (Wildman–Crippen LogP) is 3.41. The van der Waals surface area contributed by atoms with Crippen LogP contribution in [0, 0.1) is 0 Å². The van der Waals surface area contributed by atoms with Crippen LogP contribution >= 0.6 is 0 Å². The standard InChI is InChI=1S/C15H13N/c1-15(14-8-4-5-11-16-14)10-9-12-6-2-3-7-13(12)15/h2-11H,1H3. The topological polar surface area (TPSA) is 12.9 Å². The molecule has 1 unspecified atom stereocenters. The van der Waals surface area contributed by atoms with Gasteiger partial charge < -0.3 is 0 Å². The van der Waals surface area contributed by atoms with Crippen molar-refractivity contribution in [3.05, 3.63) is 71.6 Å². The van der Waals surface area contributed by atoms with Crippen LogP contribution in [0.15, 0.2) is 54.7 Å². The lowest BCUT2D eigenvalue weighted by Gasteiger charge is -2.23. The third-order valence-electron chi connectivity index (χ3n) is 3.31. The Morgan fingerprint density at radius 1 is 1.00 bits per heavy atom. The van der Waals surface area contributed by atoms with E-state index in [1.54, 1.807) is 0 Å². The van der Waals surface area contributed by atoms with Crippen molar-refractivity contribution in [3.8, 4) is 0 Å². The molecule has 78 valence electrons. The van der Waals surface area contributed by atoms with Crippen molar-refractivity contribution in [2.24, 2.45) is 0 Å². The van der Waals surface area contributed by atoms with Crippen LogP contribution in [0.25, 0.3) is 6.08 Å². The minimum Gasteiger partial charge on any atom is -0.260 e. The van der Waals surface area contributed by atoms with Crippen LogP contribution in [0.5, 0.6) is 0 Å². The number of allylic oxidation sites excluding steroid dienone is 1. The summed E-state index contributed by atoms with van der Waals surface area (Å²) in [5.41, 5.74) is 3.68. The highest BCUT2D eigenvalue weighted by molar-refractivity contribution is 5.67. The van der Waals surface area contributed by atoms with Crippen molar-refractivity contribution >= 4 is 6.08 Å². The number of benzene rings is 1. The van der Waals surface area contributed by atoms with Crippen molar-refractivity contribution < 1.29 is 0 Å². The molecule has 0 fully saturated rings. The fraction of sp³-hybridized carbons (Fsp3) is 0.133. The van der Waals surface area contributed by atoms with Gasteiger partial charge >= 0.3 is 0 Å². The summed E-state index contributed by atoms with van der Waals surface area (Å²) < 4.78 is 0. The van der Waals surface area contributed by atoms with E-state index in [0.717, 1.165) is 5.69 Å². The normalized spacial score (nSPS) is 22.1. The van der Waals surface area contributed by atoms with Crippen molar-refractivity contribution in [3.63, 3.8) is 0 Å². The van der Waals surface area contributed by atoms with Crippen LogP contribution in [-0.2, 0) is 5.41 Å². The minimum absolute atomic E-state index is 0.0716. The van der Waals surface area contributed by atoms with Gasteiger partial charge in [0.25, 0.3) is 0 Å². The van der Waals surface area contributed by atoms with Gasteiger partial charge in [-0.3, -0.25) is 4.98 Å². The van der Waals surface area contributed by atoms with Gasteiger partial charge in [0.05, 0.1) is 11.1 Å². The molecule has 0 bridgehead atoms. The molecule has 0 aliphatic heterocycles. The highest BCUT2D eigenvalue weighted by atomic mass is 14.7. The molecular weight excluding hydrogens is 194 g/mol. The number of aromatic nitrogens is 1. The molecular formula is C15H13N. The van der Waals surface area contributed by atoms with Crippen molar-refractivity contribution in [2.75, 3.05) is 0 Å².